The zero-order valence-electron chi connectivity index (χ0n) is 8.10. The van der Waals surface area contributed by atoms with Gasteiger partial charge < -0.3 is 4.52 Å². The summed E-state index contributed by atoms with van der Waals surface area (Å²) in [6, 6.07) is 0.905. The van der Waals surface area contributed by atoms with E-state index in [9.17, 15) is 0 Å². The Kier molecular flexibility index (Phi) is 2.31. The van der Waals surface area contributed by atoms with Gasteiger partial charge in [-0.05, 0) is 33.2 Å². The van der Waals surface area contributed by atoms with Crippen LogP contribution < -0.4 is 0 Å². The van der Waals surface area contributed by atoms with Crippen LogP contribution in [0, 0.1) is 0 Å². The van der Waals surface area contributed by atoms with Crippen molar-refractivity contribution < 1.29 is 4.52 Å². The van der Waals surface area contributed by atoms with Gasteiger partial charge in [0.2, 0.25) is 5.89 Å². The Hall–Kier alpha value is -0.900. The Morgan fingerprint density at radius 2 is 2.46 bits per heavy atom. The standard InChI is InChI=1S/C9H15N3O/c1-7(2)12-5-3-4-8(12)9-10-6-11-13-9/h6-8H,3-5H2,1-2H3/t8-/m0/s1. The largest absolute Gasteiger partial charge is 0.338 e. The molecule has 0 aromatic carbocycles. The Morgan fingerprint density at radius 1 is 1.62 bits per heavy atom. The lowest BCUT2D eigenvalue weighted by molar-refractivity contribution is 0.170. The first-order valence-corrected chi connectivity index (χ1v) is 4.81. The molecular formula is C9H15N3O. The molecule has 4 heteroatoms. The van der Waals surface area contributed by atoms with E-state index < -0.39 is 0 Å². The van der Waals surface area contributed by atoms with Crippen molar-refractivity contribution in [3.8, 4) is 0 Å². The number of aromatic nitrogens is 2. The van der Waals surface area contributed by atoms with Crippen molar-refractivity contribution in [2.75, 3.05) is 6.54 Å². The summed E-state index contributed by atoms with van der Waals surface area (Å²) in [5, 5.41) is 3.65. The highest BCUT2D eigenvalue weighted by atomic mass is 16.5. The highest BCUT2D eigenvalue weighted by molar-refractivity contribution is 4.93. The van der Waals surface area contributed by atoms with E-state index in [1.165, 1.54) is 12.7 Å². The van der Waals surface area contributed by atoms with Gasteiger partial charge in [-0.1, -0.05) is 5.16 Å². The second-order valence-corrected chi connectivity index (χ2v) is 3.77. The van der Waals surface area contributed by atoms with E-state index in [1.807, 2.05) is 0 Å². The van der Waals surface area contributed by atoms with Crippen LogP contribution in [-0.2, 0) is 0 Å². The van der Waals surface area contributed by atoms with Crippen LogP contribution in [0.25, 0.3) is 0 Å². The third kappa shape index (κ3) is 1.58. The van der Waals surface area contributed by atoms with Gasteiger partial charge in [0.15, 0.2) is 6.33 Å². The summed E-state index contributed by atoms with van der Waals surface area (Å²) in [6.45, 7) is 5.55. The quantitative estimate of drug-likeness (QED) is 0.695. The Labute approximate surface area is 77.9 Å². The van der Waals surface area contributed by atoms with Gasteiger partial charge in [0.25, 0.3) is 0 Å². The molecule has 1 aliphatic heterocycles. The Bertz CT molecular complexity index is 258. The van der Waals surface area contributed by atoms with Crippen LogP contribution in [0.15, 0.2) is 10.9 Å². The maximum atomic E-state index is 5.10. The summed E-state index contributed by atoms with van der Waals surface area (Å²) in [5.41, 5.74) is 0. The number of likely N-dealkylation sites (tertiary alicyclic amines) is 1. The van der Waals surface area contributed by atoms with Crippen LogP contribution in [0.2, 0.25) is 0 Å². The number of hydrogen-bond acceptors (Lipinski definition) is 4. The molecule has 4 nitrogen and oxygen atoms in total. The van der Waals surface area contributed by atoms with Gasteiger partial charge in [0.05, 0.1) is 6.04 Å². The first-order valence-electron chi connectivity index (χ1n) is 4.81. The van der Waals surface area contributed by atoms with Gasteiger partial charge in [-0.2, -0.15) is 4.98 Å². The molecule has 0 saturated carbocycles. The lowest BCUT2D eigenvalue weighted by Crippen LogP contribution is -2.30. The molecule has 2 rings (SSSR count). The van der Waals surface area contributed by atoms with Crippen LogP contribution in [0.4, 0.5) is 0 Å². The maximum absolute atomic E-state index is 5.10. The van der Waals surface area contributed by atoms with Crippen molar-refractivity contribution in [1.29, 1.82) is 0 Å². The summed E-state index contributed by atoms with van der Waals surface area (Å²) < 4.78 is 5.10. The van der Waals surface area contributed by atoms with Crippen LogP contribution in [0.3, 0.4) is 0 Å². The van der Waals surface area contributed by atoms with E-state index >= 15 is 0 Å². The van der Waals surface area contributed by atoms with E-state index in [1.54, 1.807) is 0 Å². The third-order valence-electron chi connectivity index (χ3n) is 2.62. The van der Waals surface area contributed by atoms with Crippen molar-refractivity contribution in [3.05, 3.63) is 12.2 Å². The first-order chi connectivity index (χ1) is 6.29. The summed E-state index contributed by atoms with van der Waals surface area (Å²) in [4.78, 5) is 6.52. The van der Waals surface area contributed by atoms with Crippen molar-refractivity contribution in [3.63, 3.8) is 0 Å². The third-order valence-corrected chi connectivity index (χ3v) is 2.62. The molecule has 1 saturated heterocycles. The molecular weight excluding hydrogens is 166 g/mol. The molecule has 0 radical (unpaired) electrons. The zero-order chi connectivity index (χ0) is 9.26. The molecule has 1 fully saturated rings. The molecule has 1 aliphatic rings. The van der Waals surface area contributed by atoms with Crippen LogP contribution in [-0.4, -0.2) is 27.6 Å². The topological polar surface area (TPSA) is 42.2 Å². The normalized spacial score (nSPS) is 24.4. The van der Waals surface area contributed by atoms with Gasteiger partial charge in [0.1, 0.15) is 0 Å². The second-order valence-electron chi connectivity index (χ2n) is 3.77. The van der Waals surface area contributed by atoms with Crippen molar-refractivity contribution in [2.45, 2.75) is 38.8 Å². The van der Waals surface area contributed by atoms with Crippen molar-refractivity contribution >= 4 is 0 Å². The van der Waals surface area contributed by atoms with E-state index in [2.05, 4.69) is 28.9 Å². The fourth-order valence-electron chi connectivity index (χ4n) is 2.00. The molecule has 1 aromatic heterocycles. The van der Waals surface area contributed by atoms with Gasteiger partial charge in [-0.15, -0.1) is 0 Å². The Morgan fingerprint density at radius 3 is 3.08 bits per heavy atom. The molecule has 0 aliphatic carbocycles. The highest BCUT2D eigenvalue weighted by Crippen LogP contribution is 2.31. The van der Waals surface area contributed by atoms with E-state index in [0.29, 0.717) is 12.1 Å². The van der Waals surface area contributed by atoms with E-state index in [-0.39, 0.29) is 0 Å². The molecule has 0 bridgehead atoms. The summed E-state index contributed by atoms with van der Waals surface area (Å²) >= 11 is 0. The summed E-state index contributed by atoms with van der Waals surface area (Å²) in [7, 11) is 0. The molecule has 0 amide bonds. The predicted molar refractivity (Wildman–Crippen MR) is 48.1 cm³/mol. The molecule has 1 atom stereocenters. The second kappa shape index (κ2) is 3.46. The summed E-state index contributed by atoms with van der Waals surface area (Å²) in [6.07, 6.45) is 3.85. The molecule has 0 unspecified atom stereocenters. The van der Waals surface area contributed by atoms with Gasteiger partial charge in [0, 0.05) is 6.04 Å². The van der Waals surface area contributed by atoms with E-state index in [0.717, 1.165) is 18.9 Å². The first kappa shape index (κ1) is 8.69. The van der Waals surface area contributed by atoms with Gasteiger partial charge >= 0.3 is 0 Å². The van der Waals surface area contributed by atoms with Crippen LogP contribution in [0.1, 0.15) is 38.6 Å². The number of rotatable bonds is 2. The molecule has 2 heterocycles. The highest BCUT2D eigenvalue weighted by Gasteiger charge is 2.31. The fraction of sp³-hybridized carbons (Fsp3) is 0.778. The lowest BCUT2D eigenvalue weighted by atomic mass is 10.2. The molecule has 72 valence electrons. The van der Waals surface area contributed by atoms with Crippen molar-refractivity contribution in [2.24, 2.45) is 0 Å². The molecule has 1 aromatic rings. The number of nitrogens with zero attached hydrogens (tertiary/aromatic N) is 3. The average molecular weight is 181 g/mol. The molecule has 0 spiro atoms. The number of hydrogen-bond donors (Lipinski definition) is 0. The zero-order valence-corrected chi connectivity index (χ0v) is 8.10. The minimum Gasteiger partial charge on any atom is -0.338 e. The minimum absolute atomic E-state index is 0.350. The van der Waals surface area contributed by atoms with Gasteiger partial charge in [-0.3, -0.25) is 4.90 Å². The maximum Gasteiger partial charge on any atom is 0.243 e. The SMILES string of the molecule is CC(C)N1CCC[C@H]1c1ncno1. The van der Waals surface area contributed by atoms with Crippen molar-refractivity contribution in [1.82, 2.24) is 15.0 Å². The lowest BCUT2D eigenvalue weighted by Gasteiger charge is -2.25. The molecule has 0 N–H and O–H groups in total. The Balaban J connectivity index is 2.14. The monoisotopic (exact) mass is 181 g/mol. The van der Waals surface area contributed by atoms with E-state index in [4.69, 9.17) is 4.52 Å². The predicted octanol–water partition coefficient (Wildman–Crippen LogP) is 1.61. The fourth-order valence-corrected chi connectivity index (χ4v) is 2.00. The summed E-state index contributed by atoms with van der Waals surface area (Å²) in [5.74, 6) is 0.770. The average Bonchev–Trinajstić information content (AvgIpc) is 2.74. The smallest absolute Gasteiger partial charge is 0.243 e. The van der Waals surface area contributed by atoms with Crippen LogP contribution >= 0.6 is 0 Å². The van der Waals surface area contributed by atoms with Gasteiger partial charge in [-0.25, -0.2) is 0 Å². The van der Waals surface area contributed by atoms with Crippen LogP contribution in [0.5, 0.6) is 0 Å². The minimum atomic E-state index is 0.350. The molecule has 13 heavy (non-hydrogen) atoms.